The molecule has 0 aliphatic heterocycles. The third-order valence-corrected chi connectivity index (χ3v) is 5.56. The molecular weight excluding hydrogens is 424 g/mol. The molecule has 0 saturated heterocycles. The zero-order valence-corrected chi connectivity index (χ0v) is 17.7. The fourth-order valence-corrected chi connectivity index (χ4v) is 3.71. The maximum absolute atomic E-state index is 11.7. The van der Waals surface area contributed by atoms with E-state index >= 15 is 0 Å². The van der Waals surface area contributed by atoms with Crippen molar-refractivity contribution in [3.63, 3.8) is 0 Å². The quantitative estimate of drug-likeness (QED) is 0.382. The van der Waals surface area contributed by atoms with E-state index in [1.807, 2.05) is 24.3 Å². The highest BCUT2D eigenvalue weighted by atomic mass is 35.5. The second-order valence-electron chi connectivity index (χ2n) is 6.42. The molecule has 4 rings (SSSR count). The van der Waals surface area contributed by atoms with Crippen molar-refractivity contribution in [1.29, 1.82) is 0 Å². The molecule has 30 heavy (non-hydrogen) atoms. The second kappa shape index (κ2) is 8.60. The van der Waals surface area contributed by atoms with Gasteiger partial charge in [-0.3, -0.25) is 10.1 Å². The summed E-state index contributed by atoms with van der Waals surface area (Å²) >= 11 is 7.21. The van der Waals surface area contributed by atoms with Crippen molar-refractivity contribution >= 4 is 45.6 Å². The molecule has 0 atom stereocenters. The van der Waals surface area contributed by atoms with Crippen LogP contribution in [0.1, 0.15) is 27.9 Å². The number of thiazole rings is 1. The van der Waals surface area contributed by atoms with Gasteiger partial charge in [0.05, 0.1) is 16.8 Å². The van der Waals surface area contributed by atoms with E-state index in [9.17, 15) is 4.79 Å². The Labute approximate surface area is 181 Å². The van der Waals surface area contributed by atoms with Gasteiger partial charge in [-0.05, 0) is 24.6 Å². The molecule has 0 bridgehead atoms. The number of hydrogen-bond acceptors (Lipinski definition) is 9. The van der Waals surface area contributed by atoms with Crippen LogP contribution in [0.25, 0.3) is 11.5 Å². The Hall–Kier alpha value is -3.30. The fraction of sp³-hybridized carbons (Fsp3) is 0.150. The molecule has 0 amide bonds. The van der Waals surface area contributed by atoms with Crippen LogP contribution in [0, 0.1) is 6.92 Å². The molecule has 152 valence electrons. The van der Waals surface area contributed by atoms with E-state index in [-0.39, 0.29) is 5.78 Å². The summed E-state index contributed by atoms with van der Waals surface area (Å²) in [7, 11) is 0. The Morgan fingerprint density at radius 3 is 2.67 bits per heavy atom. The summed E-state index contributed by atoms with van der Waals surface area (Å²) in [6.07, 6.45) is 2.92. The number of aromatic nitrogens is 4. The van der Waals surface area contributed by atoms with Crippen LogP contribution in [-0.4, -0.2) is 25.7 Å². The number of halogens is 1. The molecule has 4 aromatic rings. The Kier molecular flexibility index (Phi) is 5.73. The monoisotopic (exact) mass is 440 g/mol. The number of ketones is 1. The predicted octanol–water partition coefficient (Wildman–Crippen LogP) is 5.11. The topological polar surface area (TPSA) is 106 Å². The van der Waals surface area contributed by atoms with Gasteiger partial charge in [-0.25, -0.2) is 15.0 Å². The first-order valence-corrected chi connectivity index (χ1v) is 10.2. The van der Waals surface area contributed by atoms with Crippen LogP contribution in [0.15, 0.2) is 47.3 Å². The number of oxazole rings is 1. The van der Waals surface area contributed by atoms with E-state index < -0.39 is 0 Å². The van der Waals surface area contributed by atoms with Crippen molar-refractivity contribution in [2.45, 2.75) is 20.4 Å². The number of carbonyl (C=O) groups excluding carboxylic acids is 1. The summed E-state index contributed by atoms with van der Waals surface area (Å²) in [5.74, 6) is 1.40. The van der Waals surface area contributed by atoms with Gasteiger partial charge in [0.1, 0.15) is 11.5 Å². The molecule has 0 aliphatic carbocycles. The van der Waals surface area contributed by atoms with Gasteiger partial charge in [-0.15, -0.1) is 0 Å². The van der Waals surface area contributed by atoms with Gasteiger partial charge >= 0.3 is 0 Å². The molecule has 3 heterocycles. The number of carbonyl (C=O) groups is 1. The fourth-order valence-electron chi connectivity index (χ4n) is 2.73. The van der Waals surface area contributed by atoms with Crippen molar-refractivity contribution < 1.29 is 9.21 Å². The number of benzene rings is 1. The van der Waals surface area contributed by atoms with Crippen LogP contribution >= 0.6 is 22.9 Å². The van der Waals surface area contributed by atoms with Crippen molar-refractivity contribution in [2.75, 3.05) is 10.6 Å². The molecule has 0 saturated carbocycles. The lowest BCUT2D eigenvalue weighted by molar-refractivity contribution is 0.102. The van der Waals surface area contributed by atoms with Crippen LogP contribution in [0.3, 0.4) is 0 Å². The number of aryl methyl sites for hydroxylation is 1. The molecule has 2 N–H and O–H groups in total. The molecule has 10 heteroatoms. The highest BCUT2D eigenvalue weighted by molar-refractivity contribution is 7.17. The van der Waals surface area contributed by atoms with Gasteiger partial charge in [0.15, 0.2) is 23.1 Å². The Balaban J connectivity index is 1.61. The zero-order valence-electron chi connectivity index (χ0n) is 16.1. The maximum Gasteiger partial charge on any atom is 0.231 e. The average Bonchev–Trinajstić information content (AvgIpc) is 3.37. The standard InChI is InChI=1S/C20H17ClN6O2S/c1-11-18(12(2)28)30-20(24-11)27-19-25-15(16-9-22-10-29-16)7-17(26-19)23-8-13-3-5-14(21)6-4-13/h3-7,9-10H,8H2,1-2H3,(H2,23,24,25,26,27). The maximum atomic E-state index is 11.7. The van der Waals surface area contributed by atoms with Gasteiger partial charge in [0.25, 0.3) is 0 Å². The molecule has 3 aromatic heterocycles. The number of rotatable bonds is 7. The normalized spacial score (nSPS) is 10.8. The Morgan fingerprint density at radius 1 is 1.20 bits per heavy atom. The molecule has 0 unspecified atom stereocenters. The molecule has 1 aromatic carbocycles. The first kappa shape index (κ1) is 20.0. The lowest BCUT2D eigenvalue weighted by atomic mass is 10.2. The minimum Gasteiger partial charge on any atom is -0.442 e. The summed E-state index contributed by atoms with van der Waals surface area (Å²) < 4.78 is 5.38. The van der Waals surface area contributed by atoms with Gasteiger partial charge in [-0.2, -0.15) is 4.98 Å². The second-order valence-corrected chi connectivity index (χ2v) is 7.86. The molecule has 0 radical (unpaired) electrons. The van der Waals surface area contributed by atoms with Gasteiger partial charge in [-0.1, -0.05) is 35.1 Å². The molecular formula is C20H17ClN6O2S. The van der Waals surface area contributed by atoms with E-state index in [1.165, 1.54) is 24.7 Å². The van der Waals surface area contributed by atoms with Crippen LogP contribution in [0.2, 0.25) is 5.02 Å². The van der Waals surface area contributed by atoms with Crippen molar-refractivity contribution in [3.05, 3.63) is 64.1 Å². The summed E-state index contributed by atoms with van der Waals surface area (Å²) in [5.41, 5.74) is 2.28. The minimum absolute atomic E-state index is 0.0281. The molecule has 8 nitrogen and oxygen atoms in total. The molecule has 0 fully saturated rings. The van der Waals surface area contributed by atoms with Crippen molar-refractivity contribution in [2.24, 2.45) is 0 Å². The smallest absolute Gasteiger partial charge is 0.231 e. The van der Waals surface area contributed by atoms with Gasteiger partial charge < -0.3 is 9.73 Å². The van der Waals surface area contributed by atoms with Gasteiger partial charge in [0, 0.05) is 24.6 Å². The first-order valence-electron chi connectivity index (χ1n) is 8.99. The third kappa shape index (κ3) is 4.64. The highest BCUT2D eigenvalue weighted by Crippen LogP contribution is 2.27. The number of Topliss-reactive ketones (excluding diaryl/α,β-unsaturated/α-hetero) is 1. The third-order valence-electron chi connectivity index (χ3n) is 4.13. The average molecular weight is 441 g/mol. The van der Waals surface area contributed by atoms with Crippen LogP contribution in [0.4, 0.5) is 16.9 Å². The van der Waals surface area contributed by atoms with E-state index in [4.69, 9.17) is 16.0 Å². The van der Waals surface area contributed by atoms with E-state index in [0.29, 0.717) is 50.5 Å². The largest absolute Gasteiger partial charge is 0.442 e. The van der Waals surface area contributed by atoms with Crippen molar-refractivity contribution in [1.82, 2.24) is 19.9 Å². The lowest BCUT2D eigenvalue weighted by Crippen LogP contribution is -2.05. The summed E-state index contributed by atoms with van der Waals surface area (Å²) in [6.45, 7) is 3.86. The van der Waals surface area contributed by atoms with Crippen molar-refractivity contribution in [3.8, 4) is 11.5 Å². The van der Waals surface area contributed by atoms with Crippen LogP contribution < -0.4 is 10.6 Å². The Bertz CT molecular complexity index is 1170. The van der Waals surface area contributed by atoms with Crippen LogP contribution in [-0.2, 0) is 6.54 Å². The summed E-state index contributed by atoms with van der Waals surface area (Å²) in [4.78, 5) is 29.7. The Morgan fingerprint density at radius 2 is 2.00 bits per heavy atom. The SMILES string of the molecule is CC(=O)c1sc(Nc2nc(NCc3ccc(Cl)cc3)cc(-c3cnco3)n2)nc1C. The zero-order chi connectivity index (χ0) is 21.1. The number of nitrogens with one attached hydrogen (secondary N) is 2. The number of nitrogens with zero attached hydrogens (tertiary/aromatic N) is 4. The van der Waals surface area contributed by atoms with E-state index in [0.717, 1.165) is 5.56 Å². The van der Waals surface area contributed by atoms with E-state index in [2.05, 4.69) is 30.6 Å². The summed E-state index contributed by atoms with van der Waals surface area (Å²) in [5, 5.41) is 7.58. The summed E-state index contributed by atoms with van der Waals surface area (Å²) in [6, 6.07) is 9.32. The molecule has 0 aliphatic rings. The van der Waals surface area contributed by atoms with Crippen LogP contribution in [0.5, 0.6) is 0 Å². The predicted molar refractivity (Wildman–Crippen MR) is 116 cm³/mol. The van der Waals surface area contributed by atoms with E-state index in [1.54, 1.807) is 19.2 Å². The number of anilines is 3. The number of hydrogen-bond donors (Lipinski definition) is 2. The molecule has 0 spiro atoms. The first-order chi connectivity index (χ1) is 14.5. The minimum atomic E-state index is -0.0281. The van der Waals surface area contributed by atoms with Gasteiger partial charge in [0.2, 0.25) is 5.95 Å². The highest BCUT2D eigenvalue weighted by Gasteiger charge is 2.14. The lowest BCUT2D eigenvalue weighted by Gasteiger charge is -2.09.